The van der Waals surface area contributed by atoms with Gasteiger partial charge in [-0.3, -0.25) is 4.79 Å². The van der Waals surface area contributed by atoms with E-state index in [1.807, 2.05) is 30.3 Å². The number of ketones is 1. The molecule has 1 rings (SSSR count). The zero-order valence-electron chi connectivity index (χ0n) is 8.58. The maximum Gasteiger partial charge on any atom is 0.157 e. The standard InChI is InChI=1S/C12H15NO/c1-9(13)12(10(2)14)8-11-6-4-3-5-7-11/h3-7H,8,13H2,1-2H3/b12-9+. The molecule has 1 aromatic carbocycles. The molecule has 0 aromatic heterocycles. The molecule has 14 heavy (non-hydrogen) atoms. The second kappa shape index (κ2) is 4.61. The van der Waals surface area contributed by atoms with Crippen LogP contribution in [0, 0.1) is 0 Å². The van der Waals surface area contributed by atoms with Gasteiger partial charge in [-0.25, -0.2) is 0 Å². The van der Waals surface area contributed by atoms with Gasteiger partial charge in [-0.1, -0.05) is 30.3 Å². The summed E-state index contributed by atoms with van der Waals surface area (Å²) in [5, 5.41) is 0. The lowest BCUT2D eigenvalue weighted by molar-refractivity contribution is -0.113. The lowest BCUT2D eigenvalue weighted by Crippen LogP contribution is -2.08. The van der Waals surface area contributed by atoms with Gasteiger partial charge in [-0.05, 0) is 19.4 Å². The van der Waals surface area contributed by atoms with E-state index in [-0.39, 0.29) is 5.78 Å². The Kier molecular flexibility index (Phi) is 3.46. The van der Waals surface area contributed by atoms with Gasteiger partial charge in [0.15, 0.2) is 5.78 Å². The molecule has 2 N–H and O–H groups in total. The van der Waals surface area contributed by atoms with Crippen LogP contribution in [0.15, 0.2) is 41.6 Å². The van der Waals surface area contributed by atoms with Crippen molar-refractivity contribution in [3.63, 3.8) is 0 Å². The van der Waals surface area contributed by atoms with Crippen LogP contribution in [0.4, 0.5) is 0 Å². The minimum absolute atomic E-state index is 0.0499. The molecule has 0 heterocycles. The van der Waals surface area contributed by atoms with Crippen LogP contribution in [0.1, 0.15) is 19.4 Å². The third kappa shape index (κ3) is 2.73. The van der Waals surface area contributed by atoms with E-state index in [9.17, 15) is 4.79 Å². The molecule has 0 spiro atoms. The van der Waals surface area contributed by atoms with Crippen molar-refractivity contribution in [3.8, 4) is 0 Å². The van der Waals surface area contributed by atoms with Crippen molar-refractivity contribution in [1.82, 2.24) is 0 Å². The normalized spacial score (nSPS) is 12.1. The van der Waals surface area contributed by atoms with Crippen LogP contribution in [-0.4, -0.2) is 5.78 Å². The van der Waals surface area contributed by atoms with Crippen LogP contribution < -0.4 is 5.73 Å². The van der Waals surface area contributed by atoms with Gasteiger partial charge in [0, 0.05) is 17.7 Å². The van der Waals surface area contributed by atoms with Crippen LogP contribution in [0.25, 0.3) is 0 Å². The first kappa shape index (κ1) is 10.5. The SMILES string of the molecule is CC(=O)/C(Cc1ccccc1)=C(\C)N. The maximum absolute atomic E-state index is 11.3. The van der Waals surface area contributed by atoms with Gasteiger partial charge in [-0.15, -0.1) is 0 Å². The average molecular weight is 189 g/mol. The molecular weight excluding hydrogens is 174 g/mol. The third-order valence-electron chi connectivity index (χ3n) is 2.12. The lowest BCUT2D eigenvalue weighted by atomic mass is 10.0. The Balaban J connectivity index is 2.87. The van der Waals surface area contributed by atoms with Crippen molar-refractivity contribution in [2.45, 2.75) is 20.3 Å². The Morgan fingerprint density at radius 2 is 1.79 bits per heavy atom. The van der Waals surface area contributed by atoms with Gasteiger partial charge < -0.3 is 5.73 Å². The molecule has 2 heteroatoms. The molecule has 0 fully saturated rings. The minimum Gasteiger partial charge on any atom is -0.402 e. The summed E-state index contributed by atoms with van der Waals surface area (Å²) in [6.45, 7) is 3.31. The summed E-state index contributed by atoms with van der Waals surface area (Å²) in [5.41, 5.74) is 8.07. The molecule has 0 amide bonds. The second-order valence-corrected chi connectivity index (χ2v) is 3.38. The molecule has 2 nitrogen and oxygen atoms in total. The van der Waals surface area contributed by atoms with Crippen LogP contribution in [0.2, 0.25) is 0 Å². The molecule has 0 saturated heterocycles. The van der Waals surface area contributed by atoms with E-state index in [0.29, 0.717) is 17.7 Å². The number of carbonyl (C=O) groups excluding carboxylic acids is 1. The Hall–Kier alpha value is -1.57. The fourth-order valence-corrected chi connectivity index (χ4v) is 1.34. The van der Waals surface area contributed by atoms with E-state index in [4.69, 9.17) is 5.73 Å². The summed E-state index contributed by atoms with van der Waals surface area (Å²) >= 11 is 0. The largest absolute Gasteiger partial charge is 0.402 e. The number of hydrogen-bond donors (Lipinski definition) is 1. The summed E-state index contributed by atoms with van der Waals surface area (Å²) in [6, 6.07) is 9.85. The molecule has 0 unspecified atom stereocenters. The Bertz CT molecular complexity index is 348. The van der Waals surface area contributed by atoms with Crippen molar-refractivity contribution < 1.29 is 4.79 Å². The summed E-state index contributed by atoms with van der Waals surface area (Å²) in [4.78, 5) is 11.3. The fraction of sp³-hybridized carbons (Fsp3) is 0.250. The van der Waals surface area contributed by atoms with Crippen LogP contribution in [0.5, 0.6) is 0 Å². The van der Waals surface area contributed by atoms with Gasteiger partial charge in [0.05, 0.1) is 0 Å². The van der Waals surface area contributed by atoms with Crippen LogP contribution in [0.3, 0.4) is 0 Å². The molecule has 0 radical (unpaired) electrons. The highest BCUT2D eigenvalue weighted by Crippen LogP contribution is 2.10. The van der Waals surface area contributed by atoms with Gasteiger partial charge >= 0.3 is 0 Å². The van der Waals surface area contributed by atoms with Crippen LogP contribution in [-0.2, 0) is 11.2 Å². The van der Waals surface area contributed by atoms with Gasteiger partial charge in [-0.2, -0.15) is 0 Å². The first-order valence-electron chi connectivity index (χ1n) is 4.61. The Morgan fingerprint density at radius 3 is 2.21 bits per heavy atom. The topological polar surface area (TPSA) is 43.1 Å². The zero-order valence-corrected chi connectivity index (χ0v) is 8.58. The first-order valence-corrected chi connectivity index (χ1v) is 4.61. The molecule has 0 aliphatic rings. The van der Waals surface area contributed by atoms with Crippen LogP contribution >= 0.6 is 0 Å². The third-order valence-corrected chi connectivity index (χ3v) is 2.12. The highest BCUT2D eigenvalue weighted by Gasteiger charge is 2.06. The highest BCUT2D eigenvalue weighted by atomic mass is 16.1. The molecule has 0 aliphatic carbocycles. The molecule has 0 saturated carbocycles. The maximum atomic E-state index is 11.3. The molecule has 74 valence electrons. The first-order chi connectivity index (χ1) is 6.61. The Labute approximate surface area is 84.4 Å². The fourth-order valence-electron chi connectivity index (χ4n) is 1.34. The Morgan fingerprint density at radius 1 is 1.21 bits per heavy atom. The van der Waals surface area contributed by atoms with E-state index in [1.165, 1.54) is 0 Å². The molecule has 0 aliphatic heterocycles. The van der Waals surface area contributed by atoms with Crippen molar-refractivity contribution in [2.75, 3.05) is 0 Å². The van der Waals surface area contributed by atoms with Crippen molar-refractivity contribution in [2.24, 2.45) is 5.73 Å². The van der Waals surface area contributed by atoms with E-state index < -0.39 is 0 Å². The van der Waals surface area contributed by atoms with Crippen molar-refractivity contribution in [3.05, 3.63) is 47.2 Å². The lowest BCUT2D eigenvalue weighted by Gasteiger charge is -2.05. The van der Waals surface area contributed by atoms with E-state index in [0.717, 1.165) is 5.56 Å². The quantitative estimate of drug-likeness (QED) is 0.739. The number of Topliss-reactive ketones (excluding diaryl/α,β-unsaturated/α-hetero) is 1. The summed E-state index contributed by atoms with van der Waals surface area (Å²) in [6.07, 6.45) is 0.624. The molecule has 1 aromatic rings. The van der Waals surface area contributed by atoms with Crippen molar-refractivity contribution >= 4 is 5.78 Å². The number of nitrogens with two attached hydrogens (primary N) is 1. The smallest absolute Gasteiger partial charge is 0.157 e. The summed E-state index contributed by atoms with van der Waals surface area (Å²) in [5.74, 6) is 0.0499. The number of rotatable bonds is 3. The predicted molar refractivity (Wildman–Crippen MR) is 57.7 cm³/mol. The zero-order chi connectivity index (χ0) is 10.6. The van der Waals surface area contributed by atoms with Gasteiger partial charge in [0.1, 0.15) is 0 Å². The summed E-state index contributed by atoms with van der Waals surface area (Å²) < 4.78 is 0. The average Bonchev–Trinajstić information content (AvgIpc) is 2.15. The van der Waals surface area contributed by atoms with E-state index in [1.54, 1.807) is 13.8 Å². The van der Waals surface area contributed by atoms with Gasteiger partial charge in [0.25, 0.3) is 0 Å². The monoisotopic (exact) mass is 189 g/mol. The number of benzene rings is 1. The minimum atomic E-state index is 0.0499. The predicted octanol–water partition coefficient (Wildman–Crippen LogP) is 2.05. The summed E-state index contributed by atoms with van der Waals surface area (Å²) in [7, 11) is 0. The van der Waals surface area contributed by atoms with E-state index in [2.05, 4.69) is 0 Å². The van der Waals surface area contributed by atoms with Gasteiger partial charge in [0.2, 0.25) is 0 Å². The molecular formula is C12H15NO. The number of hydrogen-bond acceptors (Lipinski definition) is 2. The van der Waals surface area contributed by atoms with E-state index >= 15 is 0 Å². The number of allylic oxidation sites excluding steroid dienone is 2. The molecule has 0 atom stereocenters. The number of carbonyl (C=O) groups is 1. The second-order valence-electron chi connectivity index (χ2n) is 3.38. The van der Waals surface area contributed by atoms with Crippen molar-refractivity contribution in [1.29, 1.82) is 0 Å². The highest BCUT2D eigenvalue weighted by molar-refractivity contribution is 5.94. The molecule has 0 bridgehead atoms.